The molecule has 0 spiro atoms. The van der Waals surface area contributed by atoms with E-state index in [-0.39, 0.29) is 27.7 Å². The number of amides is 1. The number of benzene rings is 2. The van der Waals surface area contributed by atoms with Crippen LogP contribution >= 0.6 is 11.3 Å². The molecular weight excluding hydrogens is 410 g/mol. The fraction of sp³-hybridized carbons (Fsp3) is 0.200. The van der Waals surface area contributed by atoms with Gasteiger partial charge in [0, 0.05) is 11.9 Å². The zero-order chi connectivity index (χ0) is 20.3. The molecule has 4 rings (SSSR count). The number of sulfonamides is 1. The highest BCUT2D eigenvalue weighted by molar-refractivity contribution is 7.93. The first-order chi connectivity index (χ1) is 14.0. The Bertz CT molecular complexity index is 1090. The molecule has 1 aliphatic rings. The zero-order valence-corrected chi connectivity index (χ0v) is 17.0. The molecule has 0 unspecified atom stereocenters. The summed E-state index contributed by atoms with van der Waals surface area (Å²) in [6.45, 7) is 1.31. The molecule has 1 saturated heterocycles. The number of nitrogens with zero attached hydrogens (tertiary/aromatic N) is 2. The Labute approximate surface area is 173 Å². The number of carbonyl (C=O) groups excluding carboxylic acids is 1. The normalized spacial score (nSPS) is 17.1. The zero-order valence-electron chi connectivity index (χ0n) is 15.4. The monoisotopic (exact) mass is 429 g/mol. The molecule has 9 heteroatoms. The van der Waals surface area contributed by atoms with E-state index in [1.165, 1.54) is 12.1 Å². The Hall–Kier alpha value is -2.75. The second-order valence-electron chi connectivity index (χ2n) is 6.46. The Morgan fingerprint density at radius 3 is 2.52 bits per heavy atom. The fourth-order valence-electron chi connectivity index (χ4n) is 3.14. The molecule has 2 heterocycles. The average molecular weight is 430 g/mol. The van der Waals surface area contributed by atoms with Crippen molar-refractivity contribution in [2.75, 3.05) is 24.5 Å². The Kier molecular flexibility index (Phi) is 5.61. The Balaban J connectivity index is 1.53. The lowest BCUT2D eigenvalue weighted by atomic mass is 10.0. The predicted molar refractivity (Wildman–Crippen MR) is 110 cm³/mol. The van der Waals surface area contributed by atoms with Crippen molar-refractivity contribution >= 4 is 32.4 Å². The molecule has 1 atom stereocenters. The van der Waals surface area contributed by atoms with Crippen molar-refractivity contribution in [3.8, 4) is 0 Å². The number of anilines is 1. The first-order valence-electron chi connectivity index (χ1n) is 9.02. The summed E-state index contributed by atoms with van der Waals surface area (Å²) in [6.07, 6.45) is 0. The molecule has 0 saturated carbocycles. The molecule has 2 aromatic carbocycles. The van der Waals surface area contributed by atoms with Gasteiger partial charge in [-0.1, -0.05) is 48.5 Å². The topological polar surface area (TPSA) is 88.6 Å². The predicted octanol–water partition coefficient (Wildman–Crippen LogP) is 3.16. The van der Waals surface area contributed by atoms with E-state index < -0.39 is 10.0 Å². The lowest BCUT2D eigenvalue weighted by Gasteiger charge is -2.35. The van der Waals surface area contributed by atoms with E-state index in [4.69, 9.17) is 4.74 Å². The van der Waals surface area contributed by atoms with Gasteiger partial charge in [-0.05, 0) is 17.7 Å². The highest BCUT2D eigenvalue weighted by Gasteiger charge is 2.30. The van der Waals surface area contributed by atoms with Crippen LogP contribution in [0.2, 0.25) is 0 Å². The van der Waals surface area contributed by atoms with E-state index in [0.29, 0.717) is 19.8 Å². The van der Waals surface area contributed by atoms with Crippen LogP contribution in [0.3, 0.4) is 0 Å². The summed E-state index contributed by atoms with van der Waals surface area (Å²) in [6, 6.07) is 17.5. The summed E-state index contributed by atoms with van der Waals surface area (Å²) in [5.74, 6) is -0.247. The largest absolute Gasteiger partial charge is 0.377 e. The van der Waals surface area contributed by atoms with Crippen molar-refractivity contribution in [2.45, 2.75) is 10.9 Å². The van der Waals surface area contributed by atoms with Crippen LogP contribution < -0.4 is 4.72 Å². The van der Waals surface area contributed by atoms with Gasteiger partial charge >= 0.3 is 0 Å². The van der Waals surface area contributed by atoms with Gasteiger partial charge in [-0.3, -0.25) is 9.52 Å². The maximum absolute atomic E-state index is 13.1. The van der Waals surface area contributed by atoms with Crippen molar-refractivity contribution in [1.82, 2.24) is 9.88 Å². The van der Waals surface area contributed by atoms with E-state index in [1.807, 2.05) is 30.3 Å². The molecule has 1 amide bonds. The van der Waals surface area contributed by atoms with Crippen LogP contribution in [-0.4, -0.2) is 44.0 Å². The molecule has 1 aliphatic heterocycles. The second-order valence-corrected chi connectivity index (χ2v) is 9.00. The summed E-state index contributed by atoms with van der Waals surface area (Å²) in [5, 5.41) is 1.73. The number of ether oxygens (including phenoxy) is 1. The van der Waals surface area contributed by atoms with Crippen LogP contribution in [-0.2, 0) is 14.8 Å². The number of rotatable bonds is 5. The van der Waals surface area contributed by atoms with Crippen LogP contribution in [0, 0.1) is 0 Å². The maximum atomic E-state index is 13.1. The van der Waals surface area contributed by atoms with Gasteiger partial charge in [0.15, 0.2) is 5.13 Å². The van der Waals surface area contributed by atoms with Gasteiger partial charge in [0.05, 0.1) is 24.2 Å². The molecular formula is C20H19N3O4S2. The summed E-state index contributed by atoms with van der Waals surface area (Å²) >= 11 is 1.08. The second kappa shape index (κ2) is 8.32. The van der Waals surface area contributed by atoms with Crippen LogP contribution in [0.1, 0.15) is 22.1 Å². The highest BCUT2D eigenvalue weighted by atomic mass is 32.2. The smallest absolute Gasteiger partial charge is 0.274 e. The standard InChI is InChI=1S/C20H19N3O4S2/c24-19(23-11-12-27-13-18(23)15-7-3-1-4-8-15)17-14-28-20(21-17)22-29(25,26)16-9-5-2-6-10-16/h1-10,14,18H,11-13H2,(H,21,22)/t18-/m0/s1. The number of carbonyl (C=O) groups is 1. The minimum Gasteiger partial charge on any atom is -0.377 e. The maximum Gasteiger partial charge on any atom is 0.274 e. The Morgan fingerprint density at radius 2 is 1.79 bits per heavy atom. The molecule has 0 radical (unpaired) electrons. The molecule has 3 aromatic rings. The SMILES string of the molecule is O=C(c1csc(NS(=O)(=O)c2ccccc2)n1)N1CCOC[C@H]1c1ccccc1. The van der Waals surface area contributed by atoms with Crippen molar-refractivity contribution in [1.29, 1.82) is 0 Å². The third-order valence-corrected chi connectivity index (χ3v) is 6.81. The van der Waals surface area contributed by atoms with E-state index in [0.717, 1.165) is 16.9 Å². The van der Waals surface area contributed by atoms with Gasteiger partial charge in [-0.2, -0.15) is 0 Å². The van der Waals surface area contributed by atoms with Gasteiger partial charge < -0.3 is 9.64 Å². The molecule has 1 N–H and O–H groups in total. The minimum absolute atomic E-state index is 0.139. The number of nitrogens with one attached hydrogen (secondary N) is 1. The Morgan fingerprint density at radius 1 is 1.10 bits per heavy atom. The molecule has 1 fully saturated rings. The van der Waals surface area contributed by atoms with Crippen LogP contribution in [0.25, 0.3) is 0 Å². The van der Waals surface area contributed by atoms with Gasteiger partial charge in [0.1, 0.15) is 5.69 Å². The third kappa shape index (κ3) is 4.31. The van der Waals surface area contributed by atoms with Crippen molar-refractivity contribution in [3.63, 3.8) is 0 Å². The third-order valence-electron chi connectivity index (χ3n) is 4.57. The molecule has 0 aliphatic carbocycles. The van der Waals surface area contributed by atoms with Crippen LogP contribution in [0.15, 0.2) is 70.9 Å². The summed E-state index contributed by atoms with van der Waals surface area (Å²) in [4.78, 5) is 19.2. The number of hydrogen-bond acceptors (Lipinski definition) is 6. The van der Waals surface area contributed by atoms with E-state index >= 15 is 0 Å². The molecule has 7 nitrogen and oxygen atoms in total. The lowest BCUT2D eigenvalue weighted by Crippen LogP contribution is -2.43. The van der Waals surface area contributed by atoms with Gasteiger partial charge in [-0.15, -0.1) is 11.3 Å². The number of hydrogen-bond donors (Lipinski definition) is 1. The first kappa shape index (κ1) is 19.6. The highest BCUT2D eigenvalue weighted by Crippen LogP contribution is 2.27. The fourth-order valence-corrected chi connectivity index (χ4v) is 5.10. The van der Waals surface area contributed by atoms with Gasteiger partial charge in [0.2, 0.25) is 0 Å². The summed E-state index contributed by atoms with van der Waals surface area (Å²) in [5.41, 5.74) is 1.20. The summed E-state index contributed by atoms with van der Waals surface area (Å²) < 4.78 is 32.9. The number of thiazole rings is 1. The van der Waals surface area contributed by atoms with Crippen molar-refractivity contribution in [3.05, 3.63) is 77.3 Å². The van der Waals surface area contributed by atoms with Gasteiger partial charge in [0.25, 0.3) is 15.9 Å². The summed E-state index contributed by atoms with van der Waals surface area (Å²) in [7, 11) is -3.75. The average Bonchev–Trinajstić information content (AvgIpc) is 3.22. The van der Waals surface area contributed by atoms with Gasteiger partial charge in [-0.25, -0.2) is 13.4 Å². The molecule has 0 bridgehead atoms. The number of morpholine rings is 1. The van der Waals surface area contributed by atoms with Crippen LogP contribution in [0.5, 0.6) is 0 Å². The first-order valence-corrected chi connectivity index (χ1v) is 11.4. The van der Waals surface area contributed by atoms with Crippen molar-refractivity contribution in [2.24, 2.45) is 0 Å². The lowest BCUT2D eigenvalue weighted by molar-refractivity contribution is -0.00295. The van der Waals surface area contributed by atoms with E-state index in [1.54, 1.807) is 28.5 Å². The van der Waals surface area contributed by atoms with Crippen LogP contribution in [0.4, 0.5) is 5.13 Å². The molecule has 1 aromatic heterocycles. The van der Waals surface area contributed by atoms with Crippen molar-refractivity contribution < 1.29 is 17.9 Å². The molecule has 150 valence electrons. The van der Waals surface area contributed by atoms with E-state index in [2.05, 4.69) is 9.71 Å². The molecule has 29 heavy (non-hydrogen) atoms. The quantitative estimate of drug-likeness (QED) is 0.673. The van der Waals surface area contributed by atoms with E-state index in [9.17, 15) is 13.2 Å². The minimum atomic E-state index is -3.75. The number of aromatic nitrogens is 1.